The molecule has 1 aliphatic rings. The summed E-state index contributed by atoms with van der Waals surface area (Å²) in [6, 6.07) is 0. The fourth-order valence-corrected chi connectivity index (χ4v) is 2.59. The summed E-state index contributed by atoms with van der Waals surface area (Å²) in [5.41, 5.74) is 1.34. The van der Waals surface area contributed by atoms with Gasteiger partial charge in [0, 0.05) is 6.61 Å². The van der Waals surface area contributed by atoms with Crippen LogP contribution >= 0.6 is 0 Å². The Labute approximate surface area is 152 Å². The van der Waals surface area contributed by atoms with Crippen molar-refractivity contribution >= 4 is 11.8 Å². The van der Waals surface area contributed by atoms with E-state index in [0.29, 0.717) is 0 Å². The van der Waals surface area contributed by atoms with Gasteiger partial charge in [-0.05, 0) is 6.42 Å². The molecule has 0 aromatic rings. The van der Waals surface area contributed by atoms with Gasteiger partial charge in [-0.1, -0.05) is 39.0 Å². The number of hydrogen-bond donors (Lipinski definition) is 6. The molecule has 1 aliphatic heterocycles. The highest BCUT2D eigenvalue weighted by Gasteiger charge is 2.47. The van der Waals surface area contributed by atoms with Crippen molar-refractivity contribution in [1.82, 2.24) is 10.8 Å². The number of hydrogen-bond acceptors (Lipinski definition) is 8. The quantitative estimate of drug-likeness (QED) is 0.149. The molecule has 0 spiro atoms. The Hall–Kier alpha value is -1.30. The zero-order valence-corrected chi connectivity index (χ0v) is 15.0. The van der Waals surface area contributed by atoms with Crippen molar-refractivity contribution in [3.8, 4) is 0 Å². The standard InChI is InChI=1S/C16H30N2O8/c1-2-3-4-5-6-7-8-25-16-13(22)11(20)12(21)14(26-16)15(23)17-9-10(19)18-24/h11-14,16,20-22,24H,2-9H2,1H3,(H,17,23)(H,18,19)/t11-,12-,13+,14-,16+/m0/s1. The highest BCUT2D eigenvalue weighted by Crippen LogP contribution is 2.22. The first-order chi connectivity index (χ1) is 12.4. The number of carbonyl (C=O) groups excluding carboxylic acids is 2. The number of aliphatic hydroxyl groups is 3. The Morgan fingerprint density at radius 3 is 2.31 bits per heavy atom. The number of amides is 2. The molecule has 1 heterocycles. The van der Waals surface area contributed by atoms with Crippen LogP contribution in [0.3, 0.4) is 0 Å². The summed E-state index contributed by atoms with van der Waals surface area (Å²) >= 11 is 0. The maximum atomic E-state index is 12.0. The van der Waals surface area contributed by atoms with Crippen molar-refractivity contribution < 1.29 is 39.6 Å². The average molecular weight is 378 g/mol. The van der Waals surface area contributed by atoms with Crippen molar-refractivity contribution in [2.45, 2.75) is 76.2 Å². The third-order valence-electron chi connectivity index (χ3n) is 4.16. The summed E-state index contributed by atoms with van der Waals surface area (Å²) in [4.78, 5) is 22.9. The minimum atomic E-state index is -1.68. The molecule has 0 aliphatic carbocycles. The van der Waals surface area contributed by atoms with Crippen LogP contribution in [0.25, 0.3) is 0 Å². The highest BCUT2D eigenvalue weighted by atomic mass is 16.7. The fourth-order valence-electron chi connectivity index (χ4n) is 2.59. The second-order valence-electron chi connectivity index (χ2n) is 6.29. The molecular weight excluding hydrogens is 348 g/mol. The van der Waals surface area contributed by atoms with Gasteiger partial charge >= 0.3 is 0 Å². The first-order valence-corrected chi connectivity index (χ1v) is 8.94. The van der Waals surface area contributed by atoms with Crippen molar-refractivity contribution in [3.63, 3.8) is 0 Å². The van der Waals surface area contributed by atoms with E-state index in [2.05, 4.69) is 12.2 Å². The van der Waals surface area contributed by atoms with Crippen LogP contribution in [-0.2, 0) is 19.1 Å². The lowest BCUT2D eigenvalue weighted by Gasteiger charge is -2.39. The minimum absolute atomic E-state index is 0.276. The Morgan fingerprint density at radius 2 is 1.65 bits per heavy atom. The molecule has 0 radical (unpaired) electrons. The molecule has 2 amide bonds. The Bertz CT molecular complexity index is 436. The normalized spacial score (nSPS) is 28.6. The lowest BCUT2D eigenvalue weighted by Crippen LogP contribution is -2.62. The van der Waals surface area contributed by atoms with Crippen LogP contribution in [0.15, 0.2) is 0 Å². The molecule has 26 heavy (non-hydrogen) atoms. The molecule has 0 bridgehead atoms. The van der Waals surface area contributed by atoms with Gasteiger partial charge in [-0.15, -0.1) is 0 Å². The highest BCUT2D eigenvalue weighted by molar-refractivity contribution is 5.87. The topological polar surface area (TPSA) is 158 Å². The molecule has 0 saturated carbocycles. The number of hydroxylamine groups is 1. The summed E-state index contributed by atoms with van der Waals surface area (Å²) < 4.78 is 10.7. The number of rotatable bonds is 11. The van der Waals surface area contributed by atoms with E-state index in [4.69, 9.17) is 14.7 Å². The van der Waals surface area contributed by atoms with Gasteiger partial charge < -0.3 is 30.1 Å². The SMILES string of the molecule is CCCCCCCCO[C@@H]1O[C@H](C(=O)NCC(=O)NO)[C@@H](O)[C@H](O)[C@H]1O. The molecule has 0 aromatic heterocycles. The van der Waals surface area contributed by atoms with Crippen LogP contribution in [0.2, 0.25) is 0 Å². The number of nitrogens with one attached hydrogen (secondary N) is 2. The second kappa shape index (κ2) is 12.2. The molecule has 6 N–H and O–H groups in total. The molecular formula is C16H30N2O8. The van der Waals surface area contributed by atoms with Gasteiger partial charge in [-0.25, -0.2) is 5.48 Å². The van der Waals surface area contributed by atoms with E-state index in [-0.39, 0.29) is 6.61 Å². The fraction of sp³-hybridized carbons (Fsp3) is 0.875. The van der Waals surface area contributed by atoms with E-state index >= 15 is 0 Å². The summed E-state index contributed by atoms with van der Waals surface area (Å²) in [7, 11) is 0. The average Bonchev–Trinajstić information content (AvgIpc) is 2.64. The lowest BCUT2D eigenvalue weighted by molar-refractivity contribution is -0.290. The zero-order valence-electron chi connectivity index (χ0n) is 15.0. The van der Waals surface area contributed by atoms with Gasteiger partial charge in [-0.3, -0.25) is 14.8 Å². The van der Waals surface area contributed by atoms with Crippen molar-refractivity contribution in [2.24, 2.45) is 0 Å². The van der Waals surface area contributed by atoms with Crippen LogP contribution in [0.1, 0.15) is 45.4 Å². The van der Waals surface area contributed by atoms with Gasteiger partial charge in [0.1, 0.15) is 18.3 Å². The molecule has 10 heteroatoms. The number of aliphatic hydroxyl groups excluding tert-OH is 3. The summed E-state index contributed by atoms with van der Waals surface area (Å²) in [6.45, 7) is 1.87. The lowest BCUT2D eigenvalue weighted by atomic mass is 9.98. The van der Waals surface area contributed by atoms with Crippen LogP contribution < -0.4 is 10.8 Å². The molecule has 10 nitrogen and oxygen atoms in total. The number of ether oxygens (including phenoxy) is 2. The molecule has 5 atom stereocenters. The maximum Gasteiger partial charge on any atom is 0.262 e. The van der Waals surface area contributed by atoms with Gasteiger partial charge in [0.2, 0.25) is 0 Å². The summed E-state index contributed by atoms with van der Waals surface area (Å²) in [6.07, 6.45) is -1.37. The van der Waals surface area contributed by atoms with E-state index in [1.165, 1.54) is 11.9 Å². The van der Waals surface area contributed by atoms with Crippen LogP contribution in [0.4, 0.5) is 0 Å². The van der Waals surface area contributed by atoms with Gasteiger partial charge in [0.15, 0.2) is 12.4 Å². The van der Waals surface area contributed by atoms with Crippen molar-refractivity contribution in [3.05, 3.63) is 0 Å². The maximum absolute atomic E-state index is 12.0. The monoisotopic (exact) mass is 378 g/mol. The molecule has 1 rings (SSSR count). The largest absolute Gasteiger partial charge is 0.387 e. The first kappa shape index (κ1) is 22.7. The van der Waals surface area contributed by atoms with Gasteiger partial charge in [-0.2, -0.15) is 0 Å². The van der Waals surface area contributed by atoms with E-state index in [0.717, 1.165) is 32.1 Å². The van der Waals surface area contributed by atoms with Crippen molar-refractivity contribution in [1.29, 1.82) is 0 Å². The molecule has 1 saturated heterocycles. The first-order valence-electron chi connectivity index (χ1n) is 8.94. The van der Waals surface area contributed by atoms with Crippen LogP contribution in [-0.4, -0.2) is 76.2 Å². The summed E-state index contributed by atoms with van der Waals surface area (Å²) in [5, 5.41) is 40.3. The van der Waals surface area contributed by atoms with Crippen LogP contribution in [0, 0.1) is 0 Å². The van der Waals surface area contributed by atoms with E-state index in [1.807, 2.05) is 0 Å². The smallest absolute Gasteiger partial charge is 0.262 e. The Kier molecular flexibility index (Phi) is 10.6. The Morgan fingerprint density at radius 1 is 1.00 bits per heavy atom. The predicted molar refractivity (Wildman–Crippen MR) is 88.9 cm³/mol. The van der Waals surface area contributed by atoms with Crippen LogP contribution in [0.5, 0.6) is 0 Å². The molecule has 0 aromatic carbocycles. The van der Waals surface area contributed by atoms with Gasteiger partial charge in [0.05, 0.1) is 6.54 Å². The zero-order chi connectivity index (χ0) is 19.5. The predicted octanol–water partition coefficient (Wildman–Crippen LogP) is -1.21. The minimum Gasteiger partial charge on any atom is -0.387 e. The third kappa shape index (κ3) is 7.14. The Balaban J connectivity index is 2.45. The molecule has 152 valence electrons. The number of carbonyl (C=O) groups is 2. The van der Waals surface area contributed by atoms with Crippen molar-refractivity contribution in [2.75, 3.05) is 13.2 Å². The van der Waals surface area contributed by atoms with E-state index in [9.17, 15) is 24.9 Å². The number of unbranched alkanes of at least 4 members (excludes halogenated alkanes) is 5. The van der Waals surface area contributed by atoms with Gasteiger partial charge in [0.25, 0.3) is 11.8 Å². The third-order valence-corrected chi connectivity index (χ3v) is 4.16. The molecule has 0 unspecified atom stereocenters. The summed E-state index contributed by atoms with van der Waals surface area (Å²) in [5.74, 6) is -1.74. The second-order valence-corrected chi connectivity index (χ2v) is 6.29. The molecule has 1 fully saturated rings. The van der Waals surface area contributed by atoms with E-state index in [1.54, 1.807) is 0 Å². The van der Waals surface area contributed by atoms with E-state index < -0.39 is 49.1 Å².